The number of fused-ring (bicyclic) bond motifs is 1. The maximum Gasteiger partial charge on any atom is 0.336 e. The lowest BCUT2D eigenvalue weighted by molar-refractivity contribution is 0.560. The summed E-state index contributed by atoms with van der Waals surface area (Å²) in [6.07, 6.45) is 0. The molecular weight excluding hydrogens is 442 g/mol. The zero-order valence-electron chi connectivity index (χ0n) is 17.0. The van der Waals surface area contributed by atoms with E-state index in [9.17, 15) is 13.2 Å². The first-order valence-corrected chi connectivity index (χ1v) is 11.4. The van der Waals surface area contributed by atoms with Gasteiger partial charge in [0.2, 0.25) is 5.95 Å². The molecule has 164 valence electrons. The van der Waals surface area contributed by atoms with Crippen LogP contribution in [0.25, 0.3) is 28.0 Å². The molecule has 0 saturated carbocycles. The third-order valence-electron chi connectivity index (χ3n) is 4.91. The Balaban J connectivity index is 1.49. The average Bonchev–Trinajstić information content (AvgIpc) is 3.27. The summed E-state index contributed by atoms with van der Waals surface area (Å²) in [5.41, 5.74) is 4.04. The van der Waals surface area contributed by atoms with Crippen molar-refractivity contribution in [3.05, 3.63) is 101 Å². The molecule has 2 aromatic heterocycles. The smallest absolute Gasteiger partial charge is 0.336 e. The summed E-state index contributed by atoms with van der Waals surface area (Å²) >= 11 is 0. The zero-order chi connectivity index (χ0) is 22.8. The largest absolute Gasteiger partial charge is 0.423 e. The topological polar surface area (TPSA) is 119 Å². The summed E-state index contributed by atoms with van der Waals surface area (Å²) in [5.74, 6) is 0.736. The highest BCUT2D eigenvalue weighted by atomic mass is 32.2. The van der Waals surface area contributed by atoms with Gasteiger partial charge in [-0.25, -0.2) is 13.2 Å². The van der Waals surface area contributed by atoms with Crippen LogP contribution in [0, 0.1) is 0 Å². The molecule has 0 unspecified atom stereocenters. The molecule has 5 aromatic rings. The Kier molecular flexibility index (Phi) is 5.21. The molecule has 0 amide bonds. The highest BCUT2D eigenvalue weighted by Crippen LogP contribution is 2.25. The Morgan fingerprint density at radius 1 is 0.818 bits per heavy atom. The first-order chi connectivity index (χ1) is 16.0. The quantitative estimate of drug-likeness (QED) is 0.295. The van der Waals surface area contributed by atoms with Gasteiger partial charge in [0.05, 0.1) is 10.6 Å². The van der Waals surface area contributed by atoms with Crippen molar-refractivity contribution in [2.45, 2.75) is 4.90 Å². The lowest BCUT2D eigenvalue weighted by atomic mass is 10.2. The second kappa shape index (κ2) is 8.34. The SMILES string of the molecule is O=c1ccc2cc(S(=O)(=O)NNc3nnc(-c4ccccc4)n3-c3ccccc3)ccc2o1. The van der Waals surface area contributed by atoms with Crippen molar-refractivity contribution in [3.8, 4) is 17.1 Å². The van der Waals surface area contributed by atoms with Crippen LogP contribution in [-0.2, 0) is 10.0 Å². The van der Waals surface area contributed by atoms with Crippen LogP contribution in [0.3, 0.4) is 0 Å². The number of rotatable bonds is 6. The molecule has 2 N–H and O–H groups in total. The number of hydrazine groups is 1. The molecule has 0 aliphatic heterocycles. The highest BCUT2D eigenvalue weighted by Gasteiger charge is 2.19. The van der Waals surface area contributed by atoms with E-state index in [1.807, 2.05) is 60.7 Å². The molecule has 0 atom stereocenters. The third kappa shape index (κ3) is 4.12. The molecule has 2 heterocycles. The fourth-order valence-corrected chi connectivity index (χ4v) is 4.22. The fraction of sp³-hybridized carbons (Fsp3) is 0. The minimum absolute atomic E-state index is 0.00888. The molecule has 0 aliphatic carbocycles. The number of hydrogen-bond acceptors (Lipinski definition) is 7. The number of sulfonamides is 1. The average molecular weight is 459 g/mol. The van der Waals surface area contributed by atoms with Crippen molar-refractivity contribution < 1.29 is 12.8 Å². The van der Waals surface area contributed by atoms with Gasteiger partial charge < -0.3 is 4.42 Å². The predicted octanol–water partition coefficient (Wildman–Crippen LogP) is 3.35. The number of benzene rings is 3. The third-order valence-corrected chi connectivity index (χ3v) is 6.15. The van der Waals surface area contributed by atoms with Crippen LogP contribution in [0.1, 0.15) is 0 Å². The van der Waals surface area contributed by atoms with Crippen LogP contribution in [0.5, 0.6) is 0 Å². The molecule has 0 radical (unpaired) electrons. The standard InChI is InChI=1S/C23H17N5O4S/c29-21-14-11-17-15-19(12-13-20(17)32-21)33(30,31)27-26-23-25-24-22(16-7-3-1-4-8-16)28(23)18-9-5-2-6-10-18/h1-15,27H,(H,25,26). The van der Waals surface area contributed by atoms with Gasteiger partial charge in [-0.15, -0.1) is 15.0 Å². The monoisotopic (exact) mass is 459 g/mol. The van der Waals surface area contributed by atoms with Crippen LogP contribution < -0.4 is 15.9 Å². The normalized spacial score (nSPS) is 11.5. The Bertz CT molecular complexity index is 1600. The number of para-hydroxylation sites is 1. The van der Waals surface area contributed by atoms with Gasteiger partial charge in [-0.05, 0) is 36.4 Å². The van der Waals surface area contributed by atoms with Gasteiger partial charge in [-0.3, -0.25) is 9.99 Å². The second-order valence-corrected chi connectivity index (χ2v) is 8.75. The van der Waals surface area contributed by atoms with Gasteiger partial charge in [0.15, 0.2) is 5.82 Å². The maximum atomic E-state index is 12.9. The predicted molar refractivity (Wildman–Crippen MR) is 123 cm³/mol. The summed E-state index contributed by atoms with van der Waals surface area (Å²) < 4.78 is 32.6. The summed E-state index contributed by atoms with van der Waals surface area (Å²) in [6, 6.07) is 25.8. The van der Waals surface area contributed by atoms with Crippen LogP contribution >= 0.6 is 0 Å². The van der Waals surface area contributed by atoms with Crippen molar-refractivity contribution in [1.82, 2.24) is 19.6 Å². The first-order valence-electron chi connectivity index (χ1n) is 9.89. The van der Waals surface area contributed by atoms with Gasteiger partial charge >= 0.3 is 5.63 Å². The number of nitrogens with zero attached hydrogens (tertiary/aromatic N) is 3. The van der Waals surface area contributed by atoms with E-state index in [1.54, 1.807) is 4.57 Å². The van der Waals surface area contributed by atoms with Crippen molar-refractivity contribution in [2.24, 2.45) is 0 Å². The van der Waals surface area contributed by atoms with Crippen molar-refractivity contribution in [1.29, 1.82) is 0 Å². The number of aromatic nitrogens is 3. The molecule has 0 saturated heterocycles. The highest BCUT2D eigenvalue weighted by molar-refractivity contribution is 7.89. The number of hydrogen-bond donors (Lipinski definition) is 2. The first kappa shape index (κ1) is 20.6. The van der Waals surface area contributed by atoms with Crippen LogP contribution in [0.15, 0.2) is 105 Å². The van der Waals surface area contributed by atoms with Crippen molar-refractivity contribution >= 4 is 26.9 Å². The molecule has 33 heavy (non-hydrogen) atoms. The minimum atomic E-state index is -3.98. The summed E-state index contributed by atoms with van der Waals surface area (Å²) in [5, 5.41) is 8.89. The summed E-state index contributed by atoms with van der Waals surface area (Å²) in [4.78, 5) is 13.7. The number of anilines is 1. The Morgan fingerprint density at radius 3 is 2.30 bits per heavy atom. The van der Waals surface area contributed by atoms with E-state index >= 15 is 0 Å². The van der Waals surface area contributed by atoms with E-state index in [4.69, 9.17) is 4.42 Å². The van der Waals surface area contributed by atoms with Crippen LogP contribution in [-0.4, -0.2) is 23.2 Å². The maximum absolute atomic E-state index is 12.9. The van der Waals surface area contributed by atoms with Crippen molar-refractivity contribution in [3.63, 3.8) is 0 Å². The van der Waals surface area contributed by atoms with E-state index in [0.717, 1.165) is 11.3 Å². The molecule has 10 heteroatoms. The lowest BCUT2D eigenvalue weighted by Crippen LogP contribution is -2.31. The Hall–Kier alpha value is -4.28. The molecular formula is C23H17N5O4S. The van der Waals surface area contributed by atoms with Gasteiger partial charge in [-0.2, -0.15) is 0 Å². The van der Waals surface area contributed by atoms with Crippen LogP contribution in [0.4, 0.5) is 5.95 Å². The van der Waals surface area contributed by atoms with E-state index < -0.39 is 15.6 Å². The number of nitrogens with one attached hydrogen (secondary N) is 2. The molecule has 0 spiro atoms. The van der Waals surface area contributed by atoms with Gasteiger partial charge in [0, 0.05) is 17.0 Å². The van der Waals surface area contributed by atoms with E-state index in [0.29, 0.717) is 16.8 Å². The molecule has 5 rings (SSSR count). The van der Waals surface area contributed by atoms with Gasteiger partial charge in [0.1, 0.15) is 5.58 Å². The summed E-state index contributed by atoms with van der Waals surface area (Å²) in [7, 11) is -3.98. The molecule has 9 nitrogen and oxygen atoms in total. The summed E-state index contributed by atoms with van der Waals surface area (Å²) in [6.45, 7) is 0. The van der Waals surface area contributed by atoms with Gasteiger partial charge in [-0.1, -0.05) is 48.5 Å². The van der Waals surface area contributed by atoms with Crippen LogP contribution in [0.2, 0.25) is 0 Å². The molecule has 0 aliphatic rings. The zero-order valence-corrected chi connectivity index (χ0v) is 17.9. The van der Waals surface area contributed by atoms with E-state index in [-0.39, 0.29) is 10.8 Å². The lowest BCUT2D eigenvalue weighted by Gasteiger charge is -2.13. The Morgan fingerprint density at radius 2 is 1.55 bits per heavy atom. The van der Waals surface area contributed by atoms with E-state index in [1.165, 1.54) is 30.3 Å². The van der Waals surface area contributed by atoms with E-state index in [2.05, 4.69) is 20.5 Å². The molecule has 0 fully saturated rings. The second-order valence-electron chi connectivity index (χ2n) is 7.07. The van der Waals surface area contributed by atoms with Crippen molar-refractivity contribution in [2.75, 3.05) is 5.43 Å². The Labute approximate surface area is 188 Å². The molecule has 0 bridgehead atoms. The minimum Gasteiger partial charge on any atom is -0.423 e. The van der Waals surface area contributed by atoms with Gasteiger partial charge in [0.25, 0.3) is 10.0 Å². The molecule has 3 aromatic carbocycles. The fourth-order valence-electron chi connectivity index (χ4n) is 3.35.